The Bertz CT molecular complexity index is 359. The van der Waals surface area contributed by atoms with Gasteiger partial charge in [-0.3, -0.25) is 0 Å². The number of nitrogens with zero attached hydrogens (tertiary/aromatic N) is 3. The van der Waals surface area contributed by atoms with Crippen molar-refractivity contribution >= 4 is 5.95 Å². The van der Waals surface area contributed by atoms with E-state index in [0.717, 1.165) is 24.7 Å². The van der Waals surface area contributed by atoms with Gasteiger partial charge in [-0.15, -0.1) is 0 Å². The molecule has 0 radical (unpaired) electrons. The van der Waals surface area contributed by atoms with E-state index in [1.807, 2.05) is 6.92 Å². The molecule has 0 bridgehead atoms. The lowest BCUT2D eigenvalue weighted by Gasteiger charge is -2.20. The predicted molar refractivity (Wildman–Crippen MR) is 66.7 cm³/mol. The van der Waals surface area contributed by atoms with Gasteiger partial charge in [-0.1, -0.05) is 6.92 Å². The van der Waals surface area contributed by atoms with Crippen molar-refractivity contribution in [3.05, 3.63) is 11.9 Å². The first-order chi connectivity index (χ1) is 7.49. The highest BCUT2D eigenvalue weighted by Gasteiger charge is 2.29. The molecule has 0 aromatic carbocycles. The molecule has 1 aliphatic heterocycles. The summed E-state index contributed by atoms with van der Waals surface area (Å²) < 4.78 is 2.24. The standard InChI is InChI=1S/C12H22N4/c1-8(2)16-6-10(4)14-12(16)15-5-9(3)11(13)7-15/h6,8-9,11H,5,7,13H2,1-4H3. The Morgan fingerprint density at radius 2 is 2.12 bits per heavy atom. The third-order valence-corrected chi connectivity index (χ3v) is 3.34. The number of aromatic nitrogens is 2. The van der Waals surface area contributed by atoms with Crippen molar-refractivity contribution in [2.45, 2.75) is 39.8 Å². The fourth-order valence-electron chi connectivity index (χ4n) is 2.27. The van der Waals surface area contributed by atoms with Gasteiger partial charge >= 0.3 is 0 Å². The van der Waals surface area contributed by atoms with Crippen LogP contribution in [0.1, 0.15) is 32.5 Å². The number of imidazole rings is 1. The van der Waals surface area contributed by atoms with Crippen LogP contribution in [0.4, 0.5) is 5.95 Å². The summed E-state index contributed by atoms with van der Waals surface area (Å²) in [6, 6.07) is 0.723. The van der Waals surface area contributed by atoms with Crippen molar-refractivity contribution in [1.82, 2.24) is 9.55 Å². The summed E-state index contributed by atoms with van der Waals surface area (Å²) in [7, 11) is 0. The molecule has 1 saturated heterocycles. The molecule has 2 unspecified atom stereocenters. The van der Waals surface area contributed by atoms with E-state index in [-0.39, 0.29) is 6.04 Å². The normalized spacial score (nSPS) is 25.8. The van der Waals surface area contributed by atoms with E-state index >= 15 is 0 Å². The van der Waals surface area contributed by atoms with Crippen LogP contribution in [0.25, 0.3) is 0 Å². The van der Waals surface area contributed by atoms with E-state index in [1.165, 1.54) is 0 Å². The Kier molecular flexibility index (Phi) is 2.93. The van der Waals surface area contributed by atoms with Gasteiger partial charge in [0.25, 0.3) is 0 Å². The van der Waals surface area contributed by atoms with Gasteiger partial charge in [0, 0.05) is 31.4 Å². The van der Waals surface area contributed by atoms with E-state index in [4.69, 9.17) is 5.73 Å². The average molecular weight is 222 g/mol. The number of anilines is 1. The molecule has 0 spiro atoms. The van der Waals surface area contributed by atoms with E-state index in [1.54, 1.807) is 0 Å². The third-order valence-electron chi connectivity index (χ3n) is 3.34. The molecular weight excluding hydrogens is 200 g/mol. The van der Waals surface area contributed by atoms with Crippen molar-refractivity contribution in [3.8, 4) is 0 Å². The minimum atomic E-state index is 0.276. The van der Waals surface area contributed by atoms with Gasteiger partial charge in [-0.25, -0.2) is 4.98 Å². The molecule has 1 aromatic rings. The van der Waals surface area contributed by atoms with Crippen LogP contribution in [-0.4, -0.2) is 28.7 Å². The van der Waals surface area contributed by atoms with Crippen LogP contribution >= 0.6 is 0 Å². The fraction of sp³-hybridized carbons (Fsp3) is 0.750. The van der Waals surface area contributed by atoms with Gasteiger partial charge in [0.05, 0.1) is 5.69 Å². The molecule has 0 saturated carbocycles. The molecule has 0 amide bonds. The highest BCUT2D eigenvalue weighted by Crippen LogP contribution is 2.25. The minimum Gasteiger partial charge on any atom is -0.340 e. The SMILES string of the molecule is Cc1cn(C(C)C)c(N2CC(C)C(N)C2)n1. The molecule has 0 aliphatic carbocycles. The van der Waals surface area contributed by atoms with Gasteiger partial charge in [0.2, 0.25) is 5.95 Å². The molecule has 2 heterocycles. The van der Waals surface area contributed by atoms with Crippen LogP contribution in [0.3, 0.4) is 0 Å². The fourth-order valence-corrected chi connectivity index (χ4v) is 2.27. The van der Waals surface area contributed by atoms with Crippen molar-refractivity contribution in [3.63, 3.8) is 0 Å². The van der Waals surface area contributed by atoms with Crippen LogP contribution in [0, 0.1) is 12.8 Å². The second-order valence-electron chi connectivity index (χ2n) is 5.23. The Balaban J connectivity index is 2.27. The predicted octanol–water partition coefficient (Wildman–Crippen LogP) is 1.56. The van der Waals surface area contributed by atoms with Gasteiger partial charge in [0.1, 0.15) is 0 Å². The number of hydrogen-bond acceptors (Lipinski definition) is 3. The highest BCUT2D eigenvalue weighted by molar-refractivity contribution is 5.36. The summed E-state index contributed by atoms with van der Waals surface area (Å²) in [6.07, 6.45) is 2.12. The molecule has 2 N–H and O–H groups in total. The molecule has 1 aliphatic rings. The zero-order valence-corrected chi connectivity index (χ0v) is 10.6. The topological polar surface area (TPSA) is 47.1 Å². The van der Waals surface area contributed by atoms with E-state index in [9.17, 15) is 0 Å². The van der Waals surface area contributed by atoms with Gasteiger partial charge < -0.3 is 15.2 Å². The van der Waals surface area contributed by atoms with E-state index in [0.29, 0.717) is 12.0 Å². The molecule has 1 aromatic heterocycles. The lowest BCUT2D eigenvalue weighted by molar-refractivity contribution is 0.565. The van der Waals surface area contributed by atoms with Crippen molar-refractivity contribution in [1.29, 1.82) is 0 Å². The smallest absolute Gasteiger partial charge is 0.206 e. The Morgan fingerprint density at radius 1 is 1.44 bits per heavy atom. The lowest BCUT2D eigenvalue weighted by atomic mass is 10.1. The van der Waals surface area contributed by atoms with E-state index in [2.05, 4.69) is 41.4 Å². The first kappa shape index (κ1) is 11.5. The first-order valence-corrected chi connectivity index (χ1v) is 6.05. The zero-order chi connectivity index (χ0) is 11.9. The highest BCUT2D eigenvalue weighted by atomic mass is 15.3. The molecule has 2 rings (SSSR count). The second kappa shape index (κ2) is 4.09. The summed E-state index contributed by atoms with van der Waals surface area (Å²) in [5, 5.41) is 0. The summed E-state index contributed by atoms with van der Waals surface area (Å²) in [5.41, 5.74) is 7.14. The molecular formula is C12H22N4. The molecule has 1 fully saturated rings. The third kappa shape index (κ3) is 1.94. The summed E-state index contributed by atoms with van der Waals surface area (Å²) >= 11 is 0. The first-order valence-electron chi connectivity index (χ1n) is 6.05. The number of hydrogen-bond donors (Lipinski definition) is 1. The molecule has 90 valence electrons. The average Bonchev–Trinajstić information content (AvgIpc) is 2.71. The van der Waals surface area contributed by atoms with Crippen LogP contribution in [0.15, 0.2) is 6.20 Å². The molecule has 2 atom stereocenters. The quantitative estimate of drug-likeness (QED) is 0.826. The summed E-state index contributed by atoms with van der Waals surface area (Å²) in [4.78, 5) is 6.92. The maximum Gasteiger partial charge on any atom is 0.206 e. The summed E-state index contributed by atoms with van der Waals surface area (Å²) in [5.74, 6) is 1.63. The monoisotopic (exact) mass is 222 g/mol. The van der Waals surface area contributed by atoms with Crippen LogP contribution in [0.5, 0.6) is 0 Å². The Hall–Kier alpha value is -1.03. The number of nitrogens with two attached hydrogens (primary N) is 1. The van der Waals surface area contributed by atoms with Gasteiger partial charge in [-0.05, 0) is 26.7 Å². The van der Waals surface area contributed by atoms with Crippen molar-refractivity contribution < 1.29 is 0 Å². The number of aryl methyl sites for hydroxylation is 1. The second-order valence-corrected chi connectivity index (χ2v) is 5.23. The minimum absolute atomic E-state index is 0.276. The zero-order valence-electron chi connectivity index (χ0n) is 10.6. The molecule has 4 nitrogen and oxygen atoms in total. The summed E-state index contributed by atoms with van der Waals surface area (Å²) in [6.45, 7) is 10.6. The van der Waals surface area contributed by atoms with Crippen molar-refractivity contribution in [2.24, 2.45) is 11.7 Å². The molecule has 16 heavy (non-hydrogen) atoms. The maximum atomic E-state index is 6.06. The van der Waals surface area contributed by atoms with Crippen molar-refractivity contribution in [2.75, 3.05) is 18.0 Å². The Labute approximate surface area is 97.4 Å². The lowest BCUT2D eigenvalue weighted by Crippen LogP contribution is -2.29. The van der Waals surface area contributed by atoms with Crippen LogP contribution in [-0.2, 0) is 0 Å². The van der Waals surface area contributed by atoms with Gasteiger partial charge in [0.15, 0.2) is 0 Å². The van der Waals surface area contributed by atoms with Crippen LogP contribution in [0.2, 0.25) is 0 Å². The largest absolute Gasteiger partial charge is 0.340 e. The van der Waals surface area contributed by atoms with E-state index < -0.39 is 0 Å². The number of rotatable bonds is 2. The maximum absolute atomic E-state index is 6.06. The van der Waals surface area contributed by atoms with Gasteiger partial charge in [-0.2, -0.15) is 0 Å². The van der Waals surface area contributed by atoms with Crippen LogP contribution < -0.4 is 10.6 Å². The molecule has 4 heteroatoms. The Morgan fingerprint density at radius 3 is 2.62 bits per heavy atom.